The molecule has 1 amide bonds. The number of aromatic nitrogens is 2. The van der Waals surface area contributed by atoms with Gasteiger partial charge in [0.1, 0.15) is 5.75 Å². The van der Waals surface area contributed by atoms with E-state index in [2.05, 4.69) is 10.4 Å². The monoisotopic (exact) mass is 379 g/mol. The van der Waals surface area contributed by atoms with Gasteiger partial charge in [0, 0.05) is 25.2 Å². The van der Waals surface area contributed by atoms with Gasteiger partial charge in [-0.3, -0.25) is 14.3 Å². The smallest absolute Gasteiger partial charge is 0.303 e. The molecule has 0 unspecified atom stereocenters. The number of benzene rings is 2. The Hall–Kier alpha value is -3.61. The van der Waals surface area contributed by atoms with Crippen molar-refractivity contribution in [2.75, 3.05) is 12.4 Å². The number of hydrogen-bond donors (Lipinski definition) is 2. The lowest BCUT2D eigenvalue weighted by atomic mass is 9.96. The van der Waals surface area contributed by atoms with Crippen molar-refractivity contribution in [1.29, 1.82) is 0 Å². The van der Waals surface area contributed by atoms with Gasteiger partial charge in [-0.05, 0) is 41.3 Å². The number of ether oxygens (including phenoxy) is 1. The lowest BCUT2D eigenvalue weighted by Gasteiger charge is -2.13. The molecule has 1 heterocycles. The van der Waals surface area contributed by atoms with Crippen molar-refractivity contribution < 1.29 is 19.4 Å². The van der Waals surface area contributed by atoms with Crippen molar-refractivity contribution in [2.45, 2.75) is 12.8 Å². The molecule has 144 valence electrons. The lowest BCUT2D eigenvalue weighted by Crippen LogP contribution is -2.12. The van der Waals surface area contributed by atoms with Crippen LogP contribution in [-0.2, 0) is 18.3 Å². The van der Waals surface area contributed by atoms with E-state index < -0.39 is 5.97 Å². The van der Waals surface area contributed by atoms with E-state index in [0.29, 0.717) is 23.4 Å². The summed E-state index contributed by atoms with van der Waals surface area (Å²) in [5, 5.41) is 15.9. The van der Waals surface area contributed by atoms with E-state index in [9.17, 15) is 9.59 Å². The summed E-state index contributed by atoms with van der Waals surface area (Å²) < 4.78 is 6.96. The Kier molecular flexibility index (Phi) is 5.74. The fraction of sp³-hybridized carbons (Fsp3) is 0.190. The Balaban J connectivity index is 1.94. The number of hydrogen-bond acceptors (Lipinski definition) is 4. The zero-order chi connectivity index (χ0) is 20.1. The molecule has 0 aliphatic heterocycles. The van der Waals surface area contributed by atoms with Crippen LogP contribution < -0.4 is 10.1 Å². The van der Waals surface area contributed by atoms with Gasteiger partial charge in [0.2, 0.25) is 0 Å². The van der Waals surface area contributed by atoms with Crippen molar-refractivity contribution in [3.63, 3.8) is 0 Å². The van der Waals surface area contributed by atoms with Crippen molar-refractivity contribution in [1.82, 2.24) is 9.78 Å². The Morgan fingerprint density at radius 3 is 2.68 bits per heavy atom. The van der Waals surface area contributed by atoms with Crippen molar-refractivity contribution in [2.24, 2.45) is 7.05 Å². The summed E-state index contributed by atoms with van der Waals surface area (Å²) in [5.74, 6) is -0.488. The SMILES string of the molecule is COc1ccc(-c2ccccc2C(=O)Nc2cnn(C)c2)cc1CCC(=O)O. The quantitative estimate of drug-likeness (QED) is 0.656. The van der Waals surface area contributed by atoms with Crippen LogP contribution in [0.15, 0.2) is 54.9 Å². The van der Waals surface area contributed by atoms with Gasteiger partial charge in [-0.25, -0.2) is 0 Å². The molecule has 0 atom stereocenters. The first-order valence-electron chi connectivity index (χ1n) is 8.76. The summed E-state index contributed by atoms with van der Waals surface area (Å²) >= 11 is 0. The molecule has 0 fully saturated rings. The van der Waals surface area contributed by atoms with Crippen molar-refractivity contribution in [3.8, 4) is 16.9 Å². The zero-order valence-corrected chi connectivity index (χ0v) is 15.7. The number of carboxylic acids is 1. The highest BCUT2D eigenvalue weighted by Crippen LogP contribution is 2.30. The first-order chi connectivity index (χ1) is 13.5. The van der Waals surface area contributed by atoms with E-state index in [4.69, 9.17) is 9.84 Å². The Morgan fingerprint density at radius 1 is 1.21 bits per heavy atom. The van der Waals surface area contributed by atoms with Gasteiger partial charge in [0.05, 0.1) is 19.0 Å². The summed E-state index contributed by atoms with van der Waals surface area (Å²) in [4.78, 5) is 23.7. The highest BCUT2D eigenvalue weighted by Gasteiger charge is 2.15. The van der Waals surface area contributed by atoms with Crippen LogP contribution in [0.4, 0.5) is 5.69 Å². The predicted octanol–water partition coefficient (Wildman–Crippen LogP) is 3.37. The van der Waals surface area contributed by atoms with Crippen molar-refractivity contribution in [3.05, 3.63) is 66.0 Å². The molecule has 0 spiro atoms. The third-order valence-corrected chi connectivity index (χ3v) is 4.33. The van der Waals surface area contributed by atoms with Crippen LogP contribution in [-0.4, -0.2) is 33.9 Å². The molecule has 0 aliphatic rings. The summed E-state index contributed by atoms with van der Waals surface area (Å²) in [7, 11) is 3.33. The third kappa shape index (κ3) is 4.37. The van der Waals surface area contributed by atoms with E-state index in [1.165, 1.54) is 0 Å². The summed E-state index contributed by atoms with van der Waals surface area (Å²) in [5.41, 5.74) is 3.48. The molecule has 7 nitrogen and oxygen atoms in total. The standard InChI is InChI=1S/C21H21N3O4/c1-24-13-16(12-22-24)23-21(27)18-6-4-3-5-17(18)14-7-9-19(28-2)15(11-14)8-10-20(25)26/h3-7,9,11-13H,8,10H2,1-2H3,(H,23,27)(H,25,26). The van der Waals surface area contributed by atoms with E-state index >= 15 is 0 Å². The molecule has 3 rings (SSSR count). The summed E-state index contributed by atoms with van der Waals surface area (Å²) in [6, 6.07) is 12.8. The minimum Gasteiger partial charge on any atom is -0.496 e. The Bertz CT molecular complexity index is 1010. The van der Waals surface area contributed by atoms with Gasteiger partial charge in [0.25, 0.3) is 5.91 Å². The molecule has 7 heteroatoms. The molecule has 3 aromatic rings. The van der Waals surface area contributed by atoms with Crippen LogP contribution in [0, 0.1) is 0 Å². The number of methoxy groups -OCH3 is 1. The molecule has 0 saturated heterocycles. The maximum Gasteiger partial charge on any atom is 0.303 e. The van der Waals surface area contributed by atoms with E-state index in [-0.39, 0.29) is 12.3 Å². The van der Waals surface area contributed by atoms with Crippen LogP contribution >= 0.6 is 0 Å². The van der Waals surface area contributed by atoms with Crippen LogP contribution in [0.5, 0.6) is 5.75 Å². The Labute approximate surface area is 162 Å². The molecule has 0 bridgehead atoms. The number of nitrogens with one attached hydrogen (secondary N) is 1. The number of rotatable bonds is 7. The number of anilines is 1. The maximum absolute atomic E-state index is 12.8. The first-order valence-corrected chi connectivity index (χ1v) is 8.76. The fourth-order valence-corrected chi connectivity index (χ4v) is 3.00. The van der Waals surface area contributed by atoms with Crippen LogP contribution in [0.2, 0.25) is 0 Å². The zero-order valence-electron chi connectivity index (χ0n) is 15.7. The molecule has 0 saturated carbocycles. The second-order valence-corrected chi connectivity index (χ2v) is 6.32. The van der Waals surface area contributed by atoms with Crippen LogP contribution in [0.3, 0.4) is 0 Å². The largest absolute Gasteiger partial charge is 0.496 e. The predicted molar refractivity (Wildman–Crippen MR) is 106 cm³/mol. The van der Waals surface area contributed by atoms with E-state index in [1.807, 2.05) is 24.3 Å². The first kappa shape index (κ1) is 19.2. The minimum absolute atomic E-state index is 0.00293. The highest BCUT2D eigenvalue weighted by atomic mass is 16.5. The fourth-order valence-electron chi connectivity index (χ4n) is 3.00. The van der Waals surface area contributed by atoms with Gasteiger partial charge < -0.3 is 15.2 Å². The van der Waals surface area contributed by atoms with Crippen LogP contribution in [0.1, 0.15) is 22.3 Å². The molecule has 2 N–H and O–H groups in total. The number of carboxylic acid groups (broad SMARTS) is 1. The number of nitrogens with zero attached hydrogens (tertiary/aromatic N) is 2. The topological polar surface area (TPSA) is 93.5 Å². The molecule has 1 aromatic heterocycles. The van der Waals surface area contributed by atoms with E-state index in [0.717, 1.165) is 16.7 Å². The maximum atomic E-state index is 12.8. The second kappa shape index (κ2) is 8.39. The summed E-state index contributed by atoms with van der Waals surface area (Å²) in [6.07, 6.45) is 3.65. The average molecular weight is 379 g/mol. The highest BCUT2D eigenvalue weighted by molar-refractivity contribution is 6.08. The van der Waals surface area contributed by atoms with Crippen molar-refractivity contribution >= 4 is 17.6 Å². The molecular weight excluding hydrogens is 358 g/mol. The molecule has 0 aliphatic carbocycles. The van der Waals surface area contributed by atoms with Gasteiger partial charge >= 0.3 is 5.97 Å². The molecular formula is C21H21N3O4. The van der Waals surface area contributed by atoms with Crippen LogP contribution in [0.25, 0.3) is 11.1 Å². The molecule has 28 heavy (non-hydrogen) atoms. The molecule has 0 radical (unpaired) electrons. The minimum atomic E-state index is -0.872. The number of carbonyl (C=O) groups is 2. The van der Waals surface area contributed by atoms with Gasteiger partial charge in [-0.15, -0.1) is 0 Å². The lowest BCUT2D eigenvalue weighted by molar-refractivity contribution is -0.136. The number of carbonyl (C=O) groups excluding carboxylic acids is 1. The van der Waals surface area contributed by atoms with Gasteiger partial charge in [-0.2, -0.15) is 5.10 Å². The number of aryl methyl sites for hydroxylation is 2. The van der Waals surface area contributed by atoms with E-state index in [1.54, 1.807) is 49.4 Å². The normalized spacial score (nSPS) is 10.5. The number of amides is 1. The summed E-state index contributed by atoms with van der Waals surface area (Å²) in [6.45, 7) is 0. The Morgan fingerprint density at radius 2 is 2.00 bits per heavy atom. The number of aliphatic carboxylic acids is 1. The second-order valence-electron chi connectivity index (χ2n) is 6.32. The van der Waals surface area contributed by atoms with Gasteiger partial charge in [-0.1, -0.05) is 24.3 Å². The third-order valence-electron chi connectivity index (χ3n) is 4.33. The molecule has 2 aromatic carbocycles. The average Bonchev–Trinajstić information content (AvgIpc) is 3.10. The van der Waals surface area contributed by atoms with Gasteiger partial charge in [0.15, 0.2) is 0 Å².